The van der Waals surface area contributed by atoms with E-state index >= 15 is 0 Å². The number of carbonyl (C=O) groups is 1. The standard InChI is InChI=1S/C9H10O3.C2H3Cl/c1-2-12-9(11)7-3-5-8(10)6-4-7;1-2-3/h3-6,10H,2H2,1H3;2H,1H2. The molecule has 0 spiro atoms. The van der Waals surface area contributed by atoms with Gasteiger partial charge in [-0.05, 0) is 36.7 Å². The molecule has 0 unspecified atom stereocenters. The van der Waals surface area contributed by atoms with Crippen LogP contribution in [-0.4, -0.2) is 17.7 Å². The maximum Gasteiger partial charge on any atom is 0.338 e. The Morgan fingerprint density at radius 2 is 2.00 bits per heavy atom. The summed E-state index contributed by atoms with van der Waals surface area (Å²) in [5.74, 6) is -0.222. The van der Waals surface area contributed by atoms with Crippen LogP contribution in [-0.2, 0) is 4.74 Å². The highest BCUT2D eigenvalue weighted by molar-refractivity contribution is 6.25. The Morgan fingerprint density at radius 1 is 1.53 bits per heavy atom. The number of benzene rings is 1. The molecule has 82 valence electrons. The number of aromatic hydroxyl groups is 1. The van der Waals surface area contributed by atoms with Crippen LogP contribution in [0.5, 0.6) is 5.75 Å². The van der Waals surface area contributed by atoms with E-state index < -0.39 is 0 Å². The van der Waals surface area contributed by atoms with Gasteiger partial charge in [-0.3, -0.25) is 0 Å². The normalized spacial score (nSPS) is 8.40. The predicted octanol–water partition coefficient (Wildman–Crippen LogP) is 2.94. The number of phenolic OH excluding ortho intramolecular Hbond substituents is 1. The summed E-state index contributed by atoms with van der Waals surface area (Å²) < 4.78 is 4.75. The Hall–Kier alpha value is -1.48. The van der Waals surface area contributed by atoms with Gasteiger partial charge < -0.3 is 9.84 Å². The molecule has 1 aromatic carbocycles. The van der Waals surface area contributed by atoms with Crippen LogP contribution in [0.25, 0.3) is 0 Å². The van der Waals surface area contributed by atoms with Gasteiger partial charge in [-0.2, -0.15) is 0 Å². The van der Waals surface area contributed by atoms with Crippen molar-refractivity contribution >= 4 is 17.6 Å². The summed E-state index contributed by atoms with van der Waals surface area (Å²) in [4.78, 5) is 11.1. The highest BCUT2D eigenvalue weighted by Gasteiger charge is 2.04. The zero-order valence-corrected chi connectivity index (χ0v) is 9.20. The number of carbonyl (C=O) groups excluding carboxylic acids is 1. The summed E-state index contributed by atoms with van der Waals surface area (Å²) in [6, 6.07) is 5.94. The summed E-state index contributed by atoms with van der Waals surface area (Å²) in [5.41, 5.74) is 1.68. The Kier molecular flexibility index (Phi) is 7.10. The Balaban J connectivity index is 0.000000583. The summed E-state index contributed by atoms with van der Waals surface area (Å²) in [7, 11) is 0. The van der Waals surface area contributed by atoms with Gasteiger partial charge >= 0.3 is 5.97 Å². The number of phenols is 1. The third kappa shape index (κ3) is 5.75. The van der Waals surface area contributed by atoms with Crippen LogP contribution in [0.4, 0.5) is 0 Å². The van der Waals surface area contributed by atoms with E-state index in [-0.39, 0.29) is 11.7 Å². The average molecular weight is 229 g/mol. The maximum atomic E-state index is 11.1. The fourth-order valence-corrected chi connectivity index (χ4v) is 0.812. The van der Waals surface area contributed by atoms with Gasteiger partial charge in [0, 0.05) is 0 Å². The zero-order valence-electron chi connectivity index (χ0n) is 8.44. The Labute approximate surface area is 93.9 Å². The van der Waals surface area contributed by atoms with Gasteiger partial charge in [0.05, 0.1) is 12.2 Å². The molecule has 0 heterocycles. The van der Waals surface area contributed by atoms with E-state index in [1.165, 1.54) is 29.8 Å². The van der Waals surface area contributed by atoms with Crippen LogP contribution < -0.4 is 0 Å². The Morgan fingerprint density at radius 3 is 2.40 bits per heavy atom. The van der Waals surface area contributed by atoms with Crippen molar-refractivity contribution in [1.29, 1.82) is 0 Å². The minimum Gasteiger partial charge on any atom is -0.508 e. The van der Waals surface area contributed by atoms with Crippen molar-refractivity contribution in [2.45, 2.75) is 6.92 Å². The molecule has 0 aromatic heterocycles. The van der Waals surface area contributed by atoms with Gasteiger partial charge in [0.25, 0.3) is 0 Å². The van der Waals surface area contributed by atoms with Gasteiger partial charge in [-0.1, -0.05) is 18.2 Å². The molecule has 0 amide bonds. The third-order valence-electron chi connectivity index (χ3n) is 1.38. The quantitative estimate of drug-likeness (QED) is 0.792. The topological polar surface area (TPSA) is 46.5 Å². The van der Waals surface area contributed by atoms with Crippen LogP contribution in [0, 0.1) is 0 Å². The molecule has 1 rings (SSSR count). The van der Waals surface area contributed by atoms with Gasteiger partial charge in [0.15, 0.2) is 0 Å². The highest BCUT2D eigenvalue weighted by atomic mass is 35.5. The first-order valence-electron chi connectivity index (χ1n) is 4.33. The molecule has 0 saturated heterocycles. The summed E-state index contributed by atoms with van der Waals surface area (Å²) in [5, 5.41) is 8.92. The predicted molar refractivity (Wildman–Crippen MR) is 60.1 cm³/mol. The molecule has 0 saturated carbocycles. The molecule has 0 aliphatic rings. The second-order valence-corrected chi connectivity index (χ2v) is 2.73. The van der Waals surface area contributed by atoms with Crippen molar-refractivity contribution in [1.82, 2.24) is 0 Å². The van der Waals surface area contributed by atoms with E-state index in [1.54, 1.807) is 6.92 Å². The van der Waals surface area contributed by atoms with Crippen LogP contribution in [0.2, 0.25) is 0 Å². The first kappa shape index (κ1) is 13.5. The van der Waals surface area contributed by atoms with Gasteiger partial charge in [0.1, 0.15) is 5.75 Å². The minimum absolute atomic E-state index is 0.142. The third-order valence-corrected chi connectivity index (χ3v) is 1.38. The molecule has 15 heavy (non-hydrogen) atoms. The van der Waals surface area contributed by atoms with Crippen LogP contribution in [0.15, 0.2) is 36.4 Å². The molecule has 4 heteroatoms. The molecule has 0 aliphatic heterocycles. The number of ether oxygens (including phenoxy) is 1. The number of esters is 1. The lowest BCUT2D eigenvalue weighted by Crippen LogP contribution is -2.03. The van der Waals surface area contributed by atoms with Crippen LogP contribution in [0.3, 0.4) is 0 Å². The lowest BCUT2D eigenvalue weighted by molar-refractivity contribution is 0.0526. The number of halogens is 1. The molecule has 0 radical (unpaired) electrons. The molecule has 3 nitrogen and oxygen atoms in total. The van der Waals surface area contributed by atoms with Crippen molar-refractivity contribution in [2.24, 2.45) is 0 Å². The second-order valence-electron chi connectivity index (χ2n) is 2.42. The highest BCUT2D eigenvalue weighted by Crippen LogP contribution is 2.10. The van der Waals surface area contributed by atoms with E-state index in [9.17, 15) is 4.79 Å². The van der Waals surface area contributed by atoms with E-state index in [4.69, 9.17) is 21.4 Å². The average Bonchev–Trinajstić information content (AvgIpc) is 2.20. The number of rotatable bonds is 2. The molecular formula is C11H13ClO3. The van der Waals surface area contributed by atoms with Crippen LogP contribution >= 0.6 is 11.6 Å². The summed E-state index contributed by atoms with van der Waals surface area (Å²) >= 11 is 4.76. The summed E-state index contributed by atoms with van der Waals surface area (Å²) in [6.07, 6.45) is 0. The van der Waals surface area contributed by atoms with Gasteiger partial charge in [-0.15, -0.1) is 0 Å². The van der Waals surface area contributed by atoms with Crippen molar-refractivity contribution in [2.75, 3.05) is 6.61 Å². The number of hydrogen-bond acceptors (Lipinski definition) is 3. The fourth-order valence-electron chi connectivity index (χ4n) is 0.812. The molecular weight excluding hydrogens is 216 g/mol. The van der Waals surface area contributed by atoms with Crippen molar-refractivity contribution in [3.8, 4) is 5.75 Å². The van der Waals surface area contributed by atoms with Gasteiger partial charge in [-0.25, -0.2) is 4.79 Å². The lowest BCUT2D eigenvalue weighted by Gasteiger charge is -2.00. The van der Waals surface area contributed by atoms with Gasteiger partial charge in [0.2, 0.25) is 0 Å². The largest absolute Gasteiger partial charge is 0.508 e. The van der Waals surface area contributed by atoms with E-state index in [1.807, 2.05) is 0 Å². The van der Waals surface area contributed by atoms with Crippen molar-refractivity contribution < 1.29 is 14.6 Å². The smallest absolute Gasteiger partial charge is 0.338 e. The van der Waals surface area contributed by atoms with E-state index in [0.29, 0.717) is 12.2 Å². The van der Waals surface area contributed by atoms with Crippen molar-refractivity contribution in [3.05, 3.63) is 41.9 Å². The minimum atomic E-state index is -0.363. The van der Waals surface area contributed by atoms with Crippen molar-refractivity contribution in [3.63, 3.8) is 0 Å². The van der Waals surface area contributed by atoms with E-state index in [0.717, 1.165) is 0 Å². The monoisotopic (exact) mass is 228 g/mol. The molecule has 0 atom stereocenters. The lowest BCUT2D eigenvalue weighted by atomic mass is 10.2. The Bertz CT molecular complexity index is 306. The molecule has 0 fully saturated rings. The molecule has 0 aliphatic carbocycles. The fraction of sp³-hybridized carbons (Fsp3) is 0.182. The first-order valence-corrected chi connectivity index (χ1v) is 4.76. The molecule has 1 aromatic rings. The first-order chi connectivity index (χ1) is 7.15. The van der Waals surface area contributed by atoms with E-state index in [2.05, 4.69) is 6.58 Å². The summed E-state index contributed by atoms with van der Waals surface area (Å²) in [6.45, 7) is 5.24. The zero-order chi connectivity index (χ0) is 11.7. The SMILES string of the molecule is C=CCl.CCOC(=O)c1ccc(O)cc1. The van der Waals surface area contributed by atoms with Crippen LogP contribution in [0.1, 0.15) is 17.3 Å². The molecule has 0 bridgehead atoms. The maximum absolute atomic E-state index is 11.1. The number of hydrogen-bond donors (Lipinski definition) is 1. The molecule has 1 N–H and O–H groups in total. The second kappa shape index (κ2) is 7.88.